The number of aromatic hydroxyl groups is 1. The molecule has 2 heterocycles. The van der Waals surface area contributed by atoms with E-state index in [-0.39, 0.29) is 37.5 Å². The number of nitrogens with zero attached hydrogens (tertiary/aromatic N) is 1. The number of carbonyl (C=O) groups is 3. The van der Waals surface area contributed by atoms with E-state index in [2.05, 4.69) is 5.32 Å². The van der Waals surface area contributed by atoms with Gasteiger partial charge in [-0.1, -0.05) is 48.5 Å². The summed E-state index contributed by atoms with van der Waals surface area (Å²) in [5, 5.41) is 32.3. The van der Waals surface area contributed by atoms with Crippen molar-refractivity contribution in [3.05, 3.63) is 131 Å². The van der Waals surface area contributed by atoms with E-state index >= 15 is 0 Å². The SMILES string of the molecule is O=C(COC1(CCc2ccc([C@@H]3[C@@H](CCC(O)c4ccc(F)cc4)C(=O)N3c3ccc(F)cc3)cc2)COC1)NC(C(=O)O)c1ccc(O)cc1. The predicted octanol–water partition coefficient (Wildman–Crippen LogP) is 5.55. The molecule has 2 unspecified atom stereocenters. The second-order valence-electron chi connectivity index (χ2n) is 13.0. The van der Waals surface area contributed by atoms with Crippen LogP contribution >= 0.6 is 0 Å². The number of aliphatic hydroxyl groups excluding tert-OH is 1. The Morgan fingerprint density at radius 3 is 2.10 bits per heavy atom. The minimum atomic E-state index is -1.31. The van der Waals surface area contributed by atoms with Gasteiger partial charge in [0.2, 0.25) is 11.8 Å². The van der Waals surface area contributed by atoms with Gasteiger partial charge in [-0.15, -0.1) is 0 Å². The third kappa shape index (κ3) is 8.25. The van der Waals surface area contributed by atoms with E-state index in [1.165, 1.54) is 60.7 Å². The van der Waals surface area contributed by atoms with Gasteiger partial charge in [-0.3, -0.25) is 9.59 Å². The molecule has 0 radical (unpaired) electrons. The third-order valence-corrected chi connectivity index (χ3v) is 9.53. The number of benzene rings is 4. The van der Waals surface area contributed by atoms with Crippen molar-refractivity contribution in [2.75, 3.05) is 24.7 Å². The Hall–Kier alpha value is -5.17. The topological polar surface area (TPSA) is 146 Å². The molecule has 4 atom stereocenters. The van der Waals surface area contributed by atoms with Crippen molar-refractivity contribution in [3.8, 4) is 5.75 Å². The van der Waals surface area contributed by atoms with Crippen molar-refractivity contribution >= 4 is 23.5 Å². The van der Waals surface area contributed by atoms with E-state index in [4.69, 9.17) is 9.47 Å². The van der Waals surface area contributed by atoms with Crippen molar-refractivity contribution in [3.63, 3.8) is 0 Å². The van der Waals surface area contributed by atoms with Crippen molar-refractivity contribution in [2.45, 2.75) is 49.5 Å². The van der Waals surface area contributed by atoms with Crippen LogP contribution in [0.25, 0.3) is 0 Å². The number of ether oxygens (including phenoxy) is 2. The second kappa shape index (κ2) is 15.4. The molecule has 266 valence electrons. The number of aliphatic carboxylic acids is 1. The number of phenolic OH excluding ortho intramolecular Hbond substituents is 1. The lowest BCUT2D eigenvalue weighted by molar-refractivity contribution is -0.212. The number of rotatable bonds is 15. The maximum Gasteiger partial charge on any atom is 0.330 e. The number of carboxylic acid groups (broad SMARTS) is 1. The molecule has 2 amide bonds. The zero-order valence-electron chi connectivity index (χ0n) is 27.6. The van der Waals surface area contributed by atoms with Gasteiger partial charge in [0.15, 0.2) is 6.04 Å². The molecule has 0 aliphatic carbocycles. The Bertz CT molecular complexity index is 1830. The minimum absolute atomic E-state index is 0.0239. The molecule has 12 heteroatoms. The number of β-lactam (4-membered cyclic amide) rings is 1. The standard InChI is InChI=1S/C39H38F2N2O8/c40-28-9-5-25(6-10-28)33(45)18-17-32-36(43(37(32)47)30-13-11-29(41)12-14-30)27-3-1-24(2-4-27)19-20-39(22-50-23-39)51-21-34(46)42-35(38(48)49)26-7-15-31(44)16-8-26/h1-16,32-33,35-36,44-45H,17-23H2,(H,42,46)(H,48,49)/t32-,33?,35?,36-/m1/s1. The Morgan fingerprint density at radius 2 is 1.51 bits per heavy atom. The van der Waals surface area contributed by atoms with Crippen LogP contribution in [0.2, 0.25) is 0 Å². The number of aryl methyl sites for hydroxylation is 1. The summed E-state index contributed by atoms with van der Waals surface area (Å²) in [6.07, 6.45) is 0.943. The quantitative estimate of drug-likeness (QED) is 0.118. The zero-order chi connectivity index (χ0) is 36.1. The molecule has 0 saturated carbocycles. The first-order valence-electron chi connectivity index (χ1n) is 16.7. The fourth-order valence-electron chi connectivity index (χ4n) is 6.55. The molecule has 2 saturated heterocycles. The molecule has 0 aromatic heterocycles. The molecule has 6 rings (SSSR count). The summed E-state index contributed by atoms with van der Waals surface area (Å²) >= 11 is 0. The Balaban J connectivity index is 1.08. The van der Waals surface area contributed by atoms with Gasteiger partial charge in [-0.2, -0.15) is 0 Å². The number of anilines is 1. The van der Waals surface area contributed by atoms with Crippen molar-refractivity contribution in [1.29, 1.82) is 0 Å². The van der Waals surface area contributed by atoms with Gasteiger partial charge < -0.3 is 35.0 Å². The lowest BCUT2D eigenvalue weighted by Crippen LogP contribution is -2.55. The first-order chi connectivity index (χ1) is 24.5. The molecule has 4 aromatic rings. The summed E-state index contributed by atoms with van der Waals surface area (Å²) in [6.45, 7) is 0.193. The summed E-state index contributed by atoms with van der Waals surface area (Å²) in [5.41, 5.74) is 2.58. The molecule has 0 spiro atoms. The highest BCUT2D eigenvalue weighted by Gasteiger charge is 2.48. The van der Waals surface area contributed by atoms with Crippen LogP contribution in [0, 0.1) is 17.6 Å². The van der Waals surface area contributed by atoms with Crippen LogP contribution in [0.15, 0.2) is 97.1 Å². The molecule has 51 heavy (non-hydrogen) atoms. The fourth-order valence-corrected chi connectivity index (χ4v) is 6.55. The summed E-state index contributed by atoms with van der Waals surface area (Å²) < 4.78 is 38.5. The molecule has 0 bridgehead atoms. The maximum atomic E-state index is 13.7. The average molecular weight is 701 g/mol. The molecule has 10 nitrogen and oxygen atoms in total. The van der Waals surface area contributed by atoms with Gasteiger partial charge in [0.1, 0.15) is 29.6 Å². The number of hydrogen-bond acceptors (Lipinski definition) is 7. The lowest BCUT2D eigenvalue weighted by atomic mass is 9.78. The highest BCUT2D eigenvalue weighted by Crippen LogP contribution is 2.46. The largest absolute Gasteiger partial charge is 0.508 e. The minimum Gasteiger partial charge on any atom is -0.508 e. The number of amides is 2. The van der Waals surface area contributed by atoms with Crippen LogP contribution in [0.3, 0.4) is 0 Å². The van der Waals surface area contributed by atoms with E-state index in [0.29, 0.717) is 42.5 Å². The van der Waals surface area contributed by atoms with E-state index in [0.717, 1.165) is 11.1 Å². The van der Waals surface area contributed by atoms with E-state index in [1.807, 2.05) is 24.3 Å². The third-order valence-electron chi connectivity index (χ3n) is 9.53. The van der Waals surface area contributed by atoms with Crippen LogP contribution in [-0.4, -0.2) is 58.5 Å². The second-order valence-corrected chi connectivity index (χ2v) is 13.0. The summed E-state index contributed by atoms with van der Waals surface area (Å²) in [5.74, 6) is -3.25. The zero-order valence-corrected chi connectivity index (χ0v) is 27.6. The summed E-state index contributed by atoms with van der Waals surface area (Å²) in [7, 11) is 0. The summed E-state index contributed by atoms with van der Waals surface area (Å²) in [4.78, 5) is 39.6. The number of phenols is 1. The van der Waals surface area contributed by atoms with E-state index in [9.17, 15) is 38.5 Å². The number of nitrogens with one attached hydrogen (secondary N) is 1. The van der Waals surface area contributed by atoms with E-state index in [1.54, 1.807) is 17.0 Å². The summed E-state index contributed by atoms with van der Waals surface area (Å²) in [6, 6.07) is 23.0. The van der Waals surface area contributed by atoms with Crippen molar-refractivity contribution in [1.82, 2.24) is 5.32 Å². The van der Waals surface area contributed by atoms with Crippen molar-refractivity contribution in [2.24, 2.45) is 5.92 Å². The van der Waals surface area contributed by atoms with Crippen LogP contribution in [0.1, 0.15) is 59.7 Å². The number of carboxylic acids is 1. The number of aliphatic hydroxyl groups is 1. The maximum absolute atomic E-state index is 13.7. The molecule has 2 fully saturated rings. The van der Waals surface area contributed by atoms with Crippen LogP contribution in [0.5, 0.6) is 5.75 Å². The van der Waals surface area contributed by atoms with Gasteiger partial charge in [0.05, 0.1) is 31.3 Å². The van der Waals surface area contributed by atoms with E-state index < -0.39 is 47.2 Å². The van der Waals surface area contributed by atoms with Gasteiger partial charge in [0, 0.05) is 5.69 Å². The predicted molar refractivity (Wildman–Crippen MR) is 182 cm³/mol. The highest BCUT2D eigenvalue weighted by molar-refractivity contribution is 6.03. The Morgan fingerprint density at radius 1 is 0.902 bits per heavy atom. The smallest absolute Gasteiger partial charge is 0.330 e. The Labute approximate surface area is 293 Å². The Kier molecular flexibility index (Phi) is 10.8. The molecule has 4 N–H and O–H groups in total. The van der Waals surface area contributed by atoms with Crippen LogP contribution in [0.4, 0.5) is 14.5 Å². The molecular weight excluding hydrogens is 662 g/mol. The van der Waals surface area contributed by atoms with Crippen LogP contribution < -0.4 is 10.2 Å². The number of halogens is 2. The fraction of sp³-hybridized carbons (Fsp3) is 0.308. The molecule has 4 aromatic carbocycles. The number of carbonyl (C=O) groups excluding carboxylic acids is 2. The molecular formula is C39H38F2N2O8. The number of hydrogen-bond donors (Lipinski definition) is 4. The van der Waals surface area contributed by atoms with Gasteiger partial charge in [-0.05, 0) is 96.5 Å². The van der Waals surface area contributed by atoms with Gasteiger partial charge in [0.25, 0.3) is 0 Å². The lowest BCUT2D eigenvalue weighted by Gasteiger charge is -2.48. The normalized spacial score (nSPS) is 19.0. The first kappa shape index (κ1) is 35.6. The first-order valence-corrected chi connectivity index (χ1v) is 16.7. The molecule has 2 aliphatic rings. The highest BCUT2D eigenvalue weighted by atomic mass is 19.1. The van der Waals surface area contributed by atoms with Gasteiger partial charge in [-0.25, -0.2) is 13.6 Å². The van der Waals surface area contributed by atoms with Crippen LogP contribution in [-0.2, 0) is 30.3 Å². The van der Waals surface area contributed by atoms with Gasteiger partial charge >= 0.3 is 5.97 Å². The molecule has 2 aliphatic heterocycles. The van der Waals surface area contributed by atoms with Crippen molar-refractivity contribution < 1.29 is 48.0 Å². The average Bonchev–Trinajstić information content (AvgIpc) is 3.10. The monoisotopic (exact) mass is 700 g/mol.